The maximum atomic E-state index is 12.3. The van der Waals surface area contributed by atoms with Crippen LogP contribution in [0, 0.1) is 13.8 Å². The zero-order valence-electron chi connectivity index (χ0n) is 15.4. The molecule has 6 heteroatoms. The number of aryl methyl sites for hydroxylation is 2. The lowest BCUT2D eigenvalue weighted by Gasteiger charge is -2.12. The van der Waals surface area contributed by atoms with Gasteiger partial charge in [-0.25, -0.2) is 0 Å². The Kier molecular flexibility index (Phi) is 5.02. The van der Waals surface area contributed by atoms with Crippen LogP contribution in [-0.2, 0) is 6.42 Å². The monoisotopic (exact) mass is 350 g/mol. The van der Waals surface area contributed by atoms with Crippen molar-refractivity contribution < 1.29 is 9.21 Å². The number of amides is 1. The Balaban J connectivity index is 1.65. The first kappa shape index (κ1) is 17.7. The van der Waals surface area contributed by atoms with Gasteiger partial charge in [0, 0.05) is 25.3 Å². The molecule has 3 rings (SSSR count). The first-order valence-electron chi connectivity index (χ1n) is 8.39. The van der Waals surface area contributed by atoms with E-state index in [0.717, 1.165) is 11.3 Å². The predicted octanol–water partition coefficient (Wildman–Crippen LogP) is 3.60. The molecule has 1 N–H and O–H groups in total. The van der Waals surface area contributed by atoms with Crippen molar-refractivity contribution in [2.45, 2.75) is 20.3 Å². The smallest absolute Gasteiger partial charge is 0.322 e. The van der Waals surface area contributed by atoms with Gasteiger partial charge in [-0.3, -0.25) is 10.1 Å². The van der Waals surface area contributed by atoms with Gasteiger partial charge >= 0.3 is 6.01 Å². The van der Waals surface area contributed by atoms with Gasteiger partial charge in [-0.2, -0.15) is 0 Å². The Morgan fingerprint density at radius 1 is 1.04 bits per heavy atom. The predicted molar refractivity (Wildman–Crippen MR) is 102 cm³/mol. The molecule has 0 aliphatic rings. The Labute approximate surface area is 152 Å². The third-order valence-electron chi connectivity index (χ3n) is 4.26. The molecule has 0 saturated heterocycles. The van der Waals surface area contributed by atoms with Crippen molar-refractivity contribution >= 4 is 17.6 Å². The highest BCUT2D eigenvalue weighted by molar-refractivity contribution is 6.03. The molecule has 0 bridgehead atoms. The van der Waals surface area contributed by atoms with Gasteiger partial charge < -0.3 is 9.32 Å². The number of aromatic nitrogens is 2. The van der Waals surface area contributed by atoms with Crippen LogP contribution < -0.4 is 10.2 Å². The van der Waals surface area contributed by atoms with Crippen molar-refractivity contribution in [3.05, 3.63) is 70.6 Å². The highest BCUT2D eigenvalue weighted by Crippen LogP contribution is 2.16. The summed E-state index contributed by atoms with van der Waals surface area (Å²) in [5, 5.41) is 10.6. The van der Waals surface area contributed by atoms with Crippen LogP contribution in [0.2, 0.25) is 0 Å². The molecule has 134 valence electrons. The number of nitrogens with one attached hydrogen (secondary N) is 1. The van der Waals surface area contributed by atoms with Gasteiger partial charge in [0.25, 0.3) is 5.91 Å². The zero-order valence-corrected chi connectivity index (χ0v) is 15.4. The van der Waals surface area contributed by atoms with Crippen molar-refractivity contribution in [1.82, 2.24) is 10.2 Å². The molecular formula is C20H22N4O2. The number of hydrogen-bond donors (Lipinski definition) is 1. The van der Waals surface area contributed by atoms with E-state index in [2.05, 4.69) is 41.5 Å². The zero-order chi connectivity index (χ0) is 18.7. The number of anilines is 2. The maximum absolute atomic E-state index is 12.3. The summed E-state index contributed by atoms with van der Waals surface area (Å²) >= 11 is 0. The summed E-state index contributed by atoms with van der Waals surface area (Å²) in [4.78, 5) is 14.3. The third kappa shape index (κ3) is 4.08. The number of nitrogens with zero attached hydrogens (tertiary/aromatic N) is 3. The molecule has 2 aromatic carbocycles. The topological polar surface area (TPSA) is 71.3 Å². The van der Waals surface area contributed by atoms with E-state index in [4.69, 9.17) is 4.42 Å². The van der Waals surface area contributed by atoms with Crippen LogP contribution >= 0.6 is 0 Å². The minimum absolute atomic E-state index is 0.102. The quantitative estimate of drug-likeness (QED) is 0.761. The molecular weight excluding hydrogens is 328 g/mol. The number of rotatable bonds is 5. The number of benzene rings is 2. The molecule has 1 heterocycles. The van der Waals surface area contributed by atoms with Gasteiger partial charge in [-0.1, -0.05) is 23.3 Å². The third-order valence-corrected chi connectivity index (χ3v) is 4.26. The van der Waals surface area contributed by atoms with E-state index in [0.29, 0.717) is 17.9 Å². The Morgan fingerprint density at radius 3 is 2.42 bits per heavy atom. The van der Waals surface area contributed by atoms with Gasteiger partial charge in [0.05, 0.1) is 6.42 Å². The van der Waals surface area contributed by atoms with Gasteiger partial charge in [-0.05, 0) is 54.8 Å². The van der Waals surface area contributed by atoms with E-state index < -0.39 is 0 Å². The molecule has 0 spiro atoms. The molecule has 3 aromatic rings. The molecule has 0 saturated carbocycles. The normalized spacial score (nSPS) is 10.6. The average molecular weight is 350 g/mol. The number of hydrogen-bond acceptors (Lipinski definition) is 5. The fourth-order valence-electron chi connectivity index (χ4n) is 2.54. The van der Waals surface area contributed by atoms with Crippen LogP contribution in [0.3, 0.4) is 0 Å². The SMILES string of the molecule is Cc1ccc(Cc2nnc(NC(=O)c3ccc(N(C)C)cc3)o2)cc1C. The molecule has 1 amide bonds. The Bertz CT molecular complexity index is 914. The van der Waals surface area contributed by atoms with Gasteiger partial charge in [0.2, 0.25) is 5.89 Å². The summed E-state index contributed by atoms with van der Waals surface area (Å²) in [6, 6.07) is 13.6. The van der Waals surface area contributed by atoms with E-state index in [1.165, 1.54) is 11.1 Å². The summed E-state index contributed by atoms with van der Waals surface area (Å²) in [7, 11) is 3.90. The molecule has 0 radical (unpaired) electrons. The lowest BCUT2D eigenvalue weighted by atomic mass is 10.0. The van der Waals surface area contributed by atoms with Crippen molar-refractivity contribution in [1.29, 1.82) is 0 Å². The fraction of sp³-hybridized carbons (Fsp3) is 0.250. The second kappa shape index (κ2) is 7.39. The van der Waals surface area contributed by atoms with Crippen LogP contribution in [-0.4, -0.2) is 30.2 Å². The highest BCUT2D eigenvalue weighted by atomic mass is 16.4. The second-order valence-corrected chi connectivity index (χ2v) is 6.49. The van der Waals surface area contributed by atoms with Crippen LogP contribution in [0.5, 0.6) is 0 Å². The van der Waals surface area contributed by atoms with Crippen molar-refractivity contribution in [2.24, 2.45) is 0 Å². The first-order valence-corrected chi connectivity index (χ1v) is 8.39. The lowest BCUT2D eigenvalue weighted by molar-refractivity contribution is 0.102. The van der Waals surface area contributed by atoms with Crippen LogP contribution in [0.25, 0.3) is 0 Å². The molecule has 1 aromatic heterocycles. The van der Waals surface area contributed by atoms with Crippen molar-refractivity contribution in [2.75, 3.05) is 24.3 Å². The Morgan fingerprint density at radius 2 is 1.77 bits per heavy atom. The van der Waals surface area contributed by atoms with E-state index >= 15 is 0 Å². The molecule has 26 heavy (non-hydrogen) atoms. The summed E-state index contributed by atoms with van der Waals surface area (Å²) in [5.74, 6) is 0.184. The molecule has 0 aliphatic heterocycles. The fourth-order valence-corrected chi connectivity index (χ4v) is 2.54. The maximum Gasteiger partial charge on any atom is 0.322 e. The molecule has 0 aliphatic carbocycles. The van der Waals surface area contributed by atoms with Gasteiger partial charge in [0.1, 0.15) is 0 Å². The summed E-state index contributed by atoms with van der Waals surface area (Å²) in [6.07, 6.45) is 0.529. The van der Waals surface area contributed by atoms with Crippen LogP contribution in [0.15, 0.2) is 46.9 Å². The van der Waals surface area contributed by atoms with E-state index in [9.17, 15) is 4.79 Å². The van der Waals surface area contributed by atoms with E-state index in [-0.39, 0.29) is 11.9 Å². The molecule has 6 nitrogen and oxygen atoms in total. The van der Waals surface area contributed by atoms with Gasteiger partial charge in [-0.15, -0.1) is 5.10 Å². The summed E-state index contributed by atoms with van der Waals surface area (Å²) in [5.41, 5.74) is 5.11. The molecule has 0 fully saturated rings. The largest absolute Gasteiger partial charge is 0.407 e. The Hall–Kier alpha value is -3.15. The van der Waals surface area contributed by atoms with Crippen molar-refractivity contribution in [3.63, 3.8) is 0 Å². The highest BCUT2D eigenvalue weighted by Gasteiger charge is 2.12. The van der Waals surface area contributed by atoms with Gasteiger partial charge in [0.15, 0.2) is 0 Å². The second-order valence-electron chi connectivity index (χ2n) is 6.49. The number of carbonyl (C=O) groups is 1. The average Bonchev–Trinajstić information content (AvgIpc) is 3.05. The minimum Gasteiger partial charge on any atom is -0.407 e. The van der Waals surface area contributed by atoms with Crippen molar-refractivity contribution in [3.8, 4) is 0 Å². The first-order chi connectivity index (χ1) is 12.4. The summed E-state index contributed by atoms with van der Waals surface area (Å²) < 4.78 is 5.55. The standard InChI is InChI=1S/C20H22N4O2/c1-13-5-6-15(11-14(13)2)12-18-22-23-20(26-18)21-19(25)16-7-9-17(10-8-16)24(3)4/h5-11H,12H2,1-4H3,(H,21,23,25). The lowest BCUT2D eigenvalue weighted by Crippen LogP contribution is -2.13. The van der Waals surface area contributed by atoms with E-state index in [1.54, 1.807) is 12.1 Å². The summed E-state index contributed by atoms with van der Waals surface area (Å²) in [6.45, 7) is 4.14. The molecule has 0 atom stereocenters. The molecule has 0 unspecified atom stereocenters. The van der Waals surface area contributed by atoms with Crippen LogP contribution in [0.1, 0.15) is 32.9 Å². The van der Waals surface area contributed by atoms with E-state index in [1.807, 2.05) is 37.2 Å². The number of carbonyl (C=O) groups excluding carboxylic acids is 1. The van der Waals surface area contributed by atoms with Crippen LogP contribution in [0.4, 0.5) is 11.7 Å². The minimum atomic E-state index is -0.281.